The van der Waals surface area contributed by atoms with Gasteiger partial charge in [-0.2, -0.15) is 4.98 Å². The van der Waals surface area contributed by atoms with Crippen molar-refractivity contribution in [2.45, 2.75) is 20.5 Å². The number of hydrogen-bond acceptors (Lipinski definition) is 7. The highest BCUT2D eigenvalue weighted by atomic mass is 16.5. The monoisotopic (exact) mass is 404 g/mol. The summed E-state index contributed by atoms with van der Waals surface area (Å²) in [6, 6.07) is 15.9. The van der Waals surface area contributed by atoms with Crippen molar-refractivity contribution in [2.24, 2.45) is 0 Å². The molecule has 0 saturated carbocycles. The van der Waals surface area contributed by atoms with Crippen LogP contribution >= 0.6 is 0 Å². The first-order valence-corrected chi connectivity index (χ1v) is 9.49. The molecule has 4 rings (SSSR count). The molecule has 0 spiro atoms. The summed E-state index contributed by atoms with van der Waals surface area (Å²) in [6.45, 7) is 4.00. The summed E-state index contributed by atoms with van der Waals surface area (Å²) >= 11 is 0. The molecule has 2 heterocycles. The quantitative estimate of drug-likeness (QED) is 0.467. The van der Waals surface area contributed by atoms with Gasteiger partial charge in [-0.05, 0) is 55.0 Å². The molecule has 0 atom stereocenters. The molecule has 152 valence electrons. The largest absolute Gasteiger partial charge is 0.508 e. The number of aromatic nitrogens is 2. The second-order valence-electron chi connectivity index (χ2n) is 6.69. The smallest absolute Gasteiger partial charge is 0.374 e. The Hall–Kier alpha value is -3.87. The molecule has 1 N–H and O–H groups in total. The maximum absolute atomic E-state index is 11.7. The molecule has 0 aliphatic carbocycles. The summed E-state index contributed by atoms with van der Waals surface area (Å²) in [5.41, 5.74) is 1.59. The summed E-state index contributed by atoms with van der Waals surface area (Å²) < 4.78 is 16.1. The minimum absolute atomic E-state index is 0.117. The highest BCUT2D eigenvalue weighted by molar-refractivity contribution is 5.87. The van der Waals surface area contributed by atoms with Crippen LogP contribution in [-0.2, 0) is 11.3 Å². The summed E-state index contributed by atoms with van der Waals surface area (Å²) in [6.07, 6.45) is 0. The lowest BCUT2D eigenvalue weighted by Crippen LogP contribution is -2.03. The number of nitrogens with zero attached hydrogens (tertiary/aromatic N) is 2. The predicted molar refractivity (Wildman–Crippen MR) is 110 cm³/mol. The SMILES string of the molecule is CCOC(=O)c1ccc(COc2cc(C)nc(-c3ccc4cc(O)ccc4c3)n2)o1. The number of phenolic OH excluding ortho intramolecular Hbond substituents is 1. The zero-order valence-electron chi connectivity index (χ0n) is 16.6. The molecular formula is C23H20N2O5. The Balaban J connectivity index is 1.54. The van der Waals surface area contributed by atoms with Crippen LogP contribution in [0.1, 0.15) is 28.9 Å². The fourth-order valence-corrected chi connectivity index (χ4v) is 3.03. The second kappa shape index (κ2) is 8.24. The lowest BCUT2D eigenvalue weighted by Gasteiger charge is -2.08. The molecule has 30 heavy (non-hydrogen) atoms. The number of aromatic hydroxyl groups is 1. The number of ether oxygens (including phenoxy) is 2. The fraction of sp³-hybridized carbons (Fsp3) is 0.174. The van der Waals surface area contributed by atoms with Crippen molar-refractivity contribution in [1.82, 2.24) is 9.97 Å². The Bertz CT molecular complexity index is 1220. The number of phenols is 1. The van der Waals surface area contributed by atoms with Crippen LogP contribution in [0.5, 0.6) is 11.6 Å². The maximum atomic E-state index is 11.7. The van der Waals surface area contributed by atoms with E-state index >= 15 is 0 Å². The fourth-order valence-electron chi connectivity index (χ4n) is 3.03. The number of carbonyl (C=O) groups is 1. The Labute approximate surface area is 172 Å². The van der Waals surface area contributed by atoms with E-state index in [4.69, 9.17) is 13.9 Å². The Morgan fingerprint density at radius 2 is 1.83 bits per heavy atom. The lowest BCUT2D eigenvalue weighted by atomic mass is 10.1. The average molecular weight is 404 g/mol. The molecule has 4 aromatic rings. The second-order valence-corrected chi connectivity index (χ2v) is 6.69. The third kappa shape index (κ3) is 4.25. The van der Waals surface area contributed by atoms with E-state index in [0.29, 0.717) is 17.5 Å². The first kappa shape index (κ1) is 19.4. The number of esters is 1. The van der Waals surface area contributed by atoms with Gasteiger partial charge < -0.3 is 19.0 Å². The van der Waals surface area contributed by atoms with Crippen molar-refractivity contribution in [3.8, 4) is 23.0 Å². The van der Waals surface area contributed by atoms with E-state index < -0.39 is 5.97 Å². The molecule has 0 bridgehead atoms. The van der Waals surface area contributed by atoms with Gasteiger partial charge in [0.05, 0.1) is 6.61 Å². The Morgan fingerprint density at radius 1 is 1.03 bits per heavy atom. The number of hydrogen-bond donors (Lipinski definition) is 1. The number of furan rings is 1. The standard InChI is InChI=1S/C23H20N2O5/c1-3-28-23(27)20-9-8-19(30-20)13-29-21-10-14(2)24-22(25-21)17-5-4-16-12-18(26)7-6-15(16)11-17/h4-12,26H,3,13H2,1-2H3. The number of benzene rings is 2. The van der Waals surface area contributed by atoms with E-state index in [-0.39, 0.29) is 24.7 Å². The molecular weight excluding hydrogens is 384 g/mol. The van der Waals surface area contributed by atoms with Gasteiger partial charge in [0.2, 0.25) is 11.6 Å². The molecule has 2 aromatic heterocycles. The Kier molecular flexibility index (Phi) is 5.34. The van der Waals surface area contributed by atoms with Crippen LogP contribution in [0.2, 0.25) is 0 Å². The number of carbonyl (C=O) groups excluding carboxylic acids is 1. The predicted octanol–water partition coefficient (Wildman–Crippen LogP) is 4.66. The molecule has 0 radical (unpaired) electrons. The van der Waals surface area contributed by atoms with Gasteiger partial charge in [0.15, 0.2) is 5.82 Å². The molecule has 0 saturated heterocycles. The number of fused-ring (bicyclic) bond motifs is 1. The van der Waals surface area contributed by atoms with E-state index in [0.717, 1.165) is 22.0 Å². The first-order chi connectivity index (χ1) is 14.5. The zero-order chi connectivity index (χ0) is 21.1. The third-order valence-corrected chi connectivity index (χ3v) is 4.41. The van der Waals surface area contributed by atoms with Crippen molar-refractivity contribution in [3.63, 3.8) is 0 Å². The summed E-state index contributed by atoms with van der Waals surface area (Å²) in [5.74, 6) is 1.28. The van der Waals surface area contributed by atoms with Crippen LogP contribution in [0.3, 0.4) is 0 Å². The van der Waals surface area contributed by atoms with Crippen molar-refractivity contribution in [1.29, 1.82) is 0 Å². The van der Waals surface area contributed by atoms with E-state index in [2.05, 4.69) is 9.97 Å². The molecule has 2 aromatic carbocycles. The van der Waals surface area contributed by atoms with Crippen LogP contribution in [0.4, 0.5) is 0 Å². The van der Waals surface area contributed by atoms with Crippen LogP contribution in [0.25, 0.3) is 22.2 Å². The van der Waals surface area contributed by atoms with Crippen LogP contribution in [0, 0.1) is 6.92 Å². The minimum atomic E-state index is -0.506. The van der Waals surface area contributed by atoms with Crippen LogP contribution < -0.4 is 4.74 Å². The highest BCUT2D eigenvalue weighted by Gasteiger charge is 2.13. The Morgan fingerprint density at radius 3 is 2.67 bits per heavy atom. The van der Waals surface area contributed by atoms with Gasteiger partial charge in [0, 0.05) is 17.3 Å². The van der Waals surface area contributed by atoms with Crippen LogP contribution in [0.15, 0.2) is 59.0 Å². The van der Waals surface area contributed by atoms with Crippen molar-refractivity contribution in [3.05, 3.63) is 71.8 Å². The normalized spacial score (nSPS) is 10.9. The minimum Gasteiger partial charge on any atom is -0.508 e. The lowest BCUT2D eigenvalue weighted by molar-refractivity contribution is 0.0486. The van der Waals surface area contributed by atoms with Crippen molar-refractivity contribution in [2.75, 3.05) is 6.61 Å². The molecule has 0 unspecified atom stereocenters. The summed E-state index contributed by atoms with van der Waals surface area (Å²) in [7, 11) is 0. The topological polar surface area (TPSA) is 94.7 Å². The number of rotatable bonds is 6. The molecule has 7 heteroatoms. The molecule has 7 nitrogen and oxygen atoms in total. The maximum Gasteiger partial charge on any atom is 0.374 e. The van der Waals surface area contributed by atoms with Gasteiger partial charge in [-0.1, -0.05) is 18.2 Å². The van der Waals surface area contributed by atoms with Gasteiger partial charge in [-0.15, -0.1) is 0 Å². The van der Waals surface area contributed by atoms with E-state index in [1.54, 1.807) is 37.3 Å². The van der Waals surface area contributed by atoms with Gasteiger partial charge in [-0.25, -0.2) is 9.78 Å². The zero-order valence-corrected chi connectivity index (χ0v) is 16.6. The van der Waals surface area contributed by atoms with E-state index in [1.807, 2.05) is 31.2 Å². The summed E-state index contributed by atoms with van der Waals surface area (Å²) in [4.78, 5) is 20.7. The van der Waals surface area contributed by atoms with Gasteiger partial charge in [-0.3, -0.25) is 0 Å². The van der Waals surface area contributed by atoms with Gasteiger partial charge in [0.1, 0.15) is 18.1 Å². The molecule has 0 amide bonds. The first-order valence-electron chi connectivity index (χ1n) is 9.49. The molecule has 0 aliphatic heterocycles. The highest BCUT2D eigenvalue weighted by Crippen LogP contribution is 2.26. The van der Waals surface area contributed by atoms with Crippen LogP contribution in [-0.4, -0.2) is 27.7 Å². The van der Waals surface area contributed by atoms with Crippen molar-refractivity contribution >= 4 is 16.7 Å². The molecule has 0 aliphatic rings. The number of aryl methyl sites for hydroxylation is 1. The van der Waals surface area contributed by atoms with E-state index in [9.17, 15) is 9.90 Å². The average Bonchev–Trinajstić information content (AvgIpc) is 3.21. The molecule has 0 fully saturated rings. The van der Waals surface area contributed by atoms with E-state index in [1.165, 1.54) is 0 Å². The third-order valence-electron chi connectivity index (χ3n) is 4.41. The summed E-state index contributed by atoms with van der Waals surface area (Å²) in [5, 5.41) is 11.5. The van der Waals surface area contributed by atoms with Crippen molar-refractivity contribution < 1.29 is 23.8 Å². The van der Waals surface area contributed by atoms with Gasteiger partial charge >= 0.3 is 5.97 Å². The van der Waals surface area contributed by atoms with Gasteiger partial charge in [0.25, 0.3) is 0 Å².